The lowest BCUT2D eigenvalue weighted by molar-refractivity contribution is -0.291. The molecule has 3 heterocycles. The second kappa shape index (κ2) is 14.2. The molecule has 4 rings (SSSR count). The number of ether oxygens (including phenoxy) is 7. The van der Waals surface area contributed by atoms with Crippen LogP contribution in [0.15, 0.2) is 82.4 Å². The van der Waals surface area contributed by atoms with Gasteiger partial charge < -0.3 is 38.3 Å². The van der Waals surface area contributed by atoms with Crippen LogP contribution >= 0.6 is 0 Å². The van der Waals surface area contributed by atoms with E-state index in [0.717, 1.165) is 5.57 Å². The van der Waals surface area contributed by atoms with Gasteiger partial charge in [-0.3, -0.25) is 4.79 Å². The topological polar surface area (TPSA) is 187 Å². The molecule has 2 saturated heterocycles. The first kappa shape index (κ1) is 35.5. The number of carbonyl (C=O) groups is 6. The Bertz CT molecular complexity index is 1580. The molecule has 1 atom stereocenters. The van der Waals surface area contributed by atoms with Gasteiger partial charge in [-0.15, -0.1) is 0 Å². The van der Waals surface area contributed by atoms with E-state index in [-0.39, 0.29) is 49.7 Å². The van der Waals surface area contributed by atoms with Crippen LogP contribution < -0.4 is 0 Å². The fourth-order valence-electron chi connectivity index (χ4n) is 5.11. The average molecular weight is 669 g/mol. The number of aliphatic hydroxyl groups excluding tert-OH is 1. The van der Waals surface area contributed by atoms with E-state index in [9.17, 15) is 33.9 Å². The third kappa shape index (κ3) is 8.11. The van der Waals surface area contributed by atoms with E-state index < -0.39 is 64.7 Å². The van der Waals surface area contributed by atoms with Crippen molar-refractivity contribution in [3.8, 4) is 0 Å². The number of esters is 6. The van der Waals surface area contributed by atoms with Crippen molar-refractivity contribution in [3.63, 3.8) is 0 Å². The predicted octanol–water partition coefficient (Wildman–Crippen LogP) is 4.04. The van der Waals surface area contributed by atoms with Crippen molar-refractivity contribution in [2.45, 2.75) is 83.6 Å². The van der Waals surface area contributed by atoms with Gasteiger partial charge in [0, 0.05) is 39.0 Å². The summed E-state index contributed by atoms with van der Waals surface area (Å²) in [6, 6.07) is 0. The molecule has 256 valence electrons. The molecule has 14 heteroatoms. The van der Waals surface area contributed by atoms with E-state index in [2.05, 4.69) is 4.74 Å². The minimum absolute atomic E-state index is 0.0536. The van der Waals surface area contributed by atoms with Crippen LogP contribution in [0.5, 0.6) is 0 Å². The Morgan fingerprint density at radius 2 is 1.21 bits per heavy atom. The number of methoxy groups -OCH3 is 1. The molecule has 0 bridgehead atoms. The van der Waals surface area contributed by atoms with Gasteiger partial charge in [-0.2, -0.15) is 0 Å². The van der Waals surface area contributed by atoms with Crippen molar-refractivity contribution in [3.05, 3.63) is 82.4 Å². The summed E-state index contributed by atoms with van der Waals surface area (Å²) in [5.74, 6) is -10.5. The second-order valence-electron chi connectivity index (χ2n) is 11.6. The van der Waals surface area contributed by atoms with Gasteiger partial charge in [-0.05, 0) is 39.0 Å². The van der Waals surface area contributed by atoms with E-state index in [4.69, 9.17) is 28.4 Å². The second-order valence-corrected chi connectivity index (χ2v) is 11.6. The van der Waals surface area contributed by atoms with Crippen molar-refractivity contribution in [2.24, 2.45) is 0 Å². The highest BCUT2D eigenvalue weighted by Crippen LogP contribution is 2.45. The number of rotatable bonds is 8. The Morgan fingerprint density at radius 3 is 1.62 bits per heavy atom. The Hall–Kier alpha value is -5.40. The normalized spacial score (nSPS) is 28.2. The highest BCUT2D eigenvalue weighted by molar-refractivity contribution is 6.16. The summed E-state index contributed by atoms with van der Waals surface area (Å²) in [4.78, 5) is 75.0. The minimum Gasteiger partial charge on any atom is -0.480 e. The van der Waals surface area contributed by atoms with Crippen LogP contribution in [0.2, 0.25) is 0 Å². The predicted molar refractivity (Wildman–Crippen MR) is 162 cm³/mol. The summed E-state index contributed by atoms with van der Waals surface area (Å²) in [6.07, 6.45) is 11.2. The van der Waals surface area contributed by atoms with Crippen LogP contribution in [0.25, 0.3) is 0 Å². The van der Waals surface area contributed by atoms with E-state index in [1.165, 1.54) is 44.4 Å². The summed E-state index contributed by atoms with van der Waals surface area (Å²) in [6.45, 7) is 6.61. The zero-order valence-corrected chi connectivity index (χ0v) is 27.1. The monoisotopic (exact) mass is 668 g/mol. The first-order chi connectivity index (χ1) is 22.6. The SMILES string of the molecule is CC=CC(C)=CC=C1C(=O)OC2(CCC3(CC2)OC(=O)C(=CC=C(C)C=CC2=C(O)OC(C)(CCC(=O)OC)OC2=O)C(=O)O3)OC1=O. The smallest absolute Gasteiger partial charge is 0.348 e. The van der Waals surface area contributed by atoms with Crippen molar-refractivity contribution in [1.29, 1.82) is 0 Å². The van der Waals surface area contributed by atoms with E-state index in [1.807, 2.05) is 13.0 Å². The molecular weight excluding hydrogens is 632 g/mol. The summed E-state index contributed by atoms with van der Waals surface area (Å²) in [5, 5.41) is 10.3. The summed E-state index contributed by atoms with van der Waals surface area (Å²) < 4.78 is 37.2. The Labute approximate surface area is 275 Å². The molecule has 1 N–H and O–H groups in total. The van der Waals surface area contributed by atoms with Crippen LogP contribution in [0, 0.1) is 0 Å². The molecule has 1 saturated carbocycles. The molecule has 0 aromatic heterocycles. The Kier molecular flexibility index (Phi) is 10.5. The number of hydrogen-bond acceptors (Lipinski definition) is 14. The maximum absolute atomic E-state index is 12.9. The third-order valence-electron chi connectivity index (χ3n) is 7.82. The highest BCUT2D eigenvalue weighted by Gasteiger charge is 2.56. The number of aliphatic hydroxyl groups is 1. The van der Waals surface area contributed by atoms with Crippen LogP contribution in [0.4, 0.5) is 0 Å². The number of allylic oxidation sites excluding steroid dienone is 9. The van der Waals surface area contributed by atoms with Crippen LogP contribution in [0.1, 0.15) is 66.2 Å². The molecule has 2 spiro atoms. The minimum atomic E-state index is -1.63. The lowest BCUT2D eigenvalue weighted by Gasteiger charge is -2.46. The standard InChI is InChI=1S/C34H36O14/c1-6-7-20(2)8-11-23-28(38)45-33(46-29(23)39)16-18-34(19-17-33)47-30(40)24(31(41)48-34)13-10-21(3)9-12-22-26(36)43-32(4,44-27(22)37)15-14-25(35)42-5/h6-13,36H,14-19H2,1-5H3. The Morgan fingerprint density at radius 1 is 0.750 bits per heavy atom. The maximum atomic E-state index is 12.9. The van der Waals surface area contributed by atoms with Gasteiger partial charge in [0.25, 0.3) is 23.3 Å². The van der Waals surface area contributed by atoms with Crippen molar-refractivity contribution < 1.29 is 67.0 Å². The van der Waals surface area contributed by atoms with Gasteiger partial charge in [0.15, 0.2) is 0 Å². The number of hydrogen-bond donors (Lipinski definition) is 1. The summed E-state index contributed by atoms with van der Waals surface area (Å²) in [7, 11) is 1.21. The van der Waals surface area contributed by atoms with Crippen molar-refractivity contribution in [1.82, 2.24) is 0 Å². The van der Waals surface area contributed by atoms with E-state index in [1.54, 1.807) is 26.0 Å². The molecule has 0 radical (unpaired) electrons. The first-order valence-corrected chi connectivity index (χ1v) is 15.1. The van der Waals surface area contributed by atoms with Crippen molar-refractivity contribution in [2.75, 3.05) is 7.11 Å². The van der Waals surface area contributed by atoms with E-state index in [0.29, 0.717) is 5.57 Å². The van der Waals surface area contributed by atoms with E-state index >= 15 is 0 Å². The average Bonchev–Trinajstić information content (AvgIpc) is 3.00. The maximum Gasteiger partial charge on any atom is 0.348 e. The molecule has 4 aliphatic rings. The number of carbonyl (C=O) groups excluding carboxylic acids is 6. The molecule has 0 aromatic carbocycles. The highest BCUT2D eigenvalue weighted by atomic mass is 16.8. The molecule has 48 heavy (non-hydrogen) atoms. The molecule has 0 amide bonds. The van der Waals surface area contributed by atoms with Gasteiger partial charge in [-0.25, -0.2) is 24.0 Å². The van der Waals surface area contributed by atoms with Crippen LogP contribution in [-0.2, 0) is 61.9 Å². The number of cyclic esters (lactones) is 1. The first-order valence-electron chi connectivity index (χ1n) is 15.1. The van der Waals surface area contributed by atoms with Gasteiger partial charge in [0.1, 0.15) is 16.7 Å². The fraction of sp³-hybridized carbons (Fsp3) is 0.412. The summed E-state index contributed by atoms with van der Waals surface area (Å²) >= 11 is 0. The zero-order valence-electron chi connectivity index (χ0n) is 27.1. The molecule has 1 aliphatic carbocycles. The molecule has 0 aromatic rings. The van der Waals surface area contributed by atoms with Gasteiger partial charge in [0.05, 0.1) is 13.5 Å². The van der Waals surface area contributed by atoms with Crippen LogP contribution in [-0.4, -0.2) is 65.4 Å². The molecule has 14 nitrogen and oxygen atoms in total. The van der Waals surface area contributed by atoms with Gasteiger partial charge in [0.2, 0.25) is 0 Å². The Balaban J connectivity index is 1.37. The molecule has 3 fully saturated rings. The van der Waals surface area contributed by atoms with Gasteiger partial charge in [-0.1, -0.05) is 41.5 Å². The lowest BCUT2D eigenvalue weighted by atomic mass is 9.87. The largest absolute Gasteiger partial charge is 0.480 e. The van der Waals surface area contributed by atoms with Gasteiger partial charge >= 0.3 is 35.8 Å². The summed E-state index contributed by atoms with van der Waals surface area (Å²) in [5.41, 5.74) is 0.294. The molecule has 3 aliphatic heterocycles. The molecular formula is C34H36O14. The van der Waals surface area contributed by atoms with Crippen molar-refractivity contribution >= 4 is 35.8 Å². The molecule has 1 unspecified atom stereocenters. The fourth-order valence-corrected chi connectivity index (χ4v) is 5.11. The lowest BCUT2D eigenvalue weighted by Crippen LogP contribution is -2.56. The zero-order chi connectivity index (χ0) is 35.3. The van der Waals surface area contributed by atoms with Crippen LogP contribution in [0.3, 0.4) is 0 Å². The third-order valence-corrected chi connectivity index (χ3v) is 7.82. The quantitative estimate of drug-likeness (QED) is 0.128.